The molecular formula is C12H14N2O. The lowest BCUT2D eigenvalue weighted by Crippen LogP contribution is -2.24. The number of nitrogen functional groups attached to an aromatic ring is 1. The molecule has 1 aromatic rings. The van der Waals surface area contributed by atoms with Crippen molar-refractivity contribution in [2.45, 2.75) is 18.9 Å². The van der Waals surface area contributed by atoms with Crippen molar-refractivity contribution in [3.05, 3.63) is 42.0 Å². The molecule has 1 unspecified atom stereocenters. The summed E-state index contributed by atoms with van der Waals surface area (Å²) >= 11 is 0. The molecule has 1 aliphatic rings. The Kier molecular flexibility index (Phi) is 2.46. The van der Waals surface area contributed by atoms with E-state index < -0.39 is 0 Å². The van der Waals surface area contributed by atoms with Crippen molar-refractivity contribution in [2.24, 2.45) is 0 Å². The lowest BCUT2D eigenvalue weighted by atomic mass is 10.1. The number of carbonyl (C=O) groups is 1. The third-order valence-electron chi connectivity index (χ3n) is 2.75. The van der Waals surface area contributed by atoms with Crippen LogP contribution in [-0.4, -0.2) is 5.91 Å². The van der Waals surface area contributed by atoms with E-state index >= 15 is 0 Å². The highest BCUT2D eigenvalue weighted by molar-refractivity contribution is 5.87. The summed E-state index contributed by atoms with van der Waals surface area (Å²) in [5.41, 5.74) is 8.90. The Morgan fingerprint density at radius 2 is 2.40 bits per heavy atom. The quantitative estimate of drug-likeness (QED) is 0.565. The summed E-state index contributed by atoms with van der Waals surface area (Å²) in [5.74, 6) is -0.121. The van der Waals surface area contributed by atoms with Gasteiger partial charge >= 0.3 is 0 Å². The largest absolute Gasteiger partial charge is 0.399 e. The van der Waals surface area contributed by atoms with Gasteiger partial charge in [0.05, 0.1) is 6.04 Å². The van der Waals surface area contributed by atoms with Crippen molar-refractivity contribution in [3.8, 4) is 0 Å². The van der Waals surface area contributed by atoms with Gasteiger partial charge in [0.25, 0.3) is 0 Å². The number of anilines is 1. The highest BCUT2D eigenvalue weighted by Gasteiger charge is 2.22. The SMILES string of the molecule is C=CC(=O)NC1CCc2cc(N)ccc21. The number of fused-ring (bicyclic) bond motifs is 1. The first-order chi connectivity index (χ1) is 7.20. The standard InChI is InChI=1S/C12H14N2O/c1-2-12(15)14-11-6-3-8-7-9(13)4-5-10(8)11/h2,4-5,7,11H,1,3,6,13H2,(H,14,15). The van der Waals surface area contributed by atoms with Crippen molar-refractivity contribution in [1.82, 2.24) is 5.32 Å². The highest BCUT2D eigenvalue weighted by Crippen LogP contribution is 2.32. The molecule has 0 radical (unpaired) electrons. The van der Waals surface area contributed by atoms with E-state index in [1.165, 1.54) is 17.2 Å². The van der Waals surface area contributed by atoms with Crippen LogP contribution in [-0.2, 0) is 11.2 Å². The van der Waals surface area contributed by atoms with Crippen LogP contribution in [0.4, 0.5) is 5.69 Å². The second-order valence-corrected chi connectivity index (χ2v) is 3.76. The Morgan fingerprint density at radius 1 is 1.60 bits per heavy atom. The van der Waals surface area contributed by atoms with E-state index in [1.54, 1.807) is 0 Å². The fraction of sp³-hybridized carbons (Fsp3) is 0.250. The molecule has 1 amide bonds. The van der Waals surface area contributed by atoms with Crippen LogP contribution in [0.15, 0.2) is 30.9 Å². The van der Waals surface area contributed by atoms with Crippen molar-refractivity contribution in [1.29, 1.82) is 0 Å². The zero-order valence-electron chi connectivity index (χ0n) is 8.49. The second kappa shape index (κ2) is 3.77. The number of rotatable bonds is 2. The molecule has 0 fully saturated rings. The fourth-order valence-electron chi connectivity index (χ4n) is 2.02. The molecule has 1 atom stereocenters. The van der Waals surface area contributed by atoms with Crippen molar-refractivity contribution >= 4 is 11.6 Å². The van der Waals surface area contributed by atoms with Gasteiger partial charge in [0.1, 0.15) is 0 Å². The molecule has 15 heavy (non-hydrogen) atoms. The predicted octanol–water partition coefficient (Wildman–Crippen LogP) is 1.56. The third kappa shape index (κ3) is 1.86. The second-order valence-electron chi connectivity index (χ2n) is 3.76. The molecule has 0 saturated heterocycles. The van der Waals surface area contributed by atoms with Crippen LogP contribution in [0.1, 0.15) is 23.6 Å². The van der Waals surface area contributed by atoms with Crippen LogP contribution < -0.4 is 11.1 Å². The molecule has 0 spiro atoms. The third-order valence-corrected chi connectivity index (χ3v) is 2.75. The molecule has 1 aliphatic carbocycles. The Labute approximate surface area is 89.0 Å². The summed E-state index contributed by atoms with van der Waals surface area (Å²) in [5, 5.41) is 2.91. The Hall–Kier alpha value is -1.77. The van der Waals surface area contributed by atoms with Gasteiger partial charge in [0.2, 0.25) is 5.91 Å². The average Bonchev–Trinajstić information content (AvgIpc) is 2.60. The lowest BCUT2D eigenvalue weighted by molar-refractivity contribution is -0.117. The molecule has 0 saturated carbocycles. The monoisotopic (exact) mass is 202 g/mol. The number of amides is 1. The lowest BCUT2D eigenvalue weighted by Gasteiger charge is -2.12. The molecule has 3 nitrogen and oxygen atoms in total. The molecule has 2 rings (SSSR count). The van der Waals surface area contributed by atoms with Crippen molar-refractivity contribution in [3.63, 3.8) is 0 Å². The molecule has 78 valence electrons. The van der Waals surface area contributed by atoms with Crippen LogP contribution in [0.3, 0.4) is 0 Å². The van der Waals surface area contributed by atoms with Gasteiger partial charge in [-0.3, -0.25) is 4.79 Å². The first-order valence-corrected chi connectivity index (χ1v) is 5.02. The average molecular weight is 202 g/mol. The van der Waals surface area contributed by atoms with Crippen LogP contribution in [0, 0.1) is 0 Å². The minimum Gasteiger partial charge on any atom is -0.399 e. The number of hydrogen-bond donors (Lipinski definition) is 2. The van der Waals surface area contributed by atoms with Gasteiger partial charge in [0, 0.05) is 5.69 Å². The summed E-state index contributed by atoms with van der Waals surface area (Å²) in [7, 11) is 0. The number of hydrogen-bond acceptors (Lipinski definition) is 2. The Morgan fingerprint density at radius 3 is 3.13 bits per heavy atom. The van der Waals surface area contributed by atoms with Gasteiger partial charge in [-0.2, -0.15) is 0 Å². The van der Waals surface area contributed by atoms with E-state index in [4.69, 9.17) is 5.73 Å². The minimum absolute atomic E-state index is 0.117. The van der Waals surface area contributed by atoms with Gasteiger partial charge in [-0.05, 0) is 42.2 Å². The maximum Gasteiger partial charge on any atom is 0.243 e. The van der Waals surface area contributed by atoms with Crippen LogP contribution in [0.2, 0.25) is 0 Å². The molecule has 0 aromatic heterocycles. The van der Waals surface area contributed by atoms with Gasteiger partial charge in [-0.15, -0.1) is 0 Å². The van der Waals surface area contributed by atoms with Gasteiger partial charge in [-0.1, -0.05) is 12.6 Å². The number of carbonyl (C=O) groups excluding carboxylic acids is 1. The van der Waals surface area contributed by atoms with E-state index in [9.17, 15) is 4.79 Å². The van der Waals surface area contributed by atoms with Crippen molar-refractivity contribution in [2.75, 3.05) is 5.73 Å². The highest BCUT2D eigenvalue weighted by atomic mass is 16.1. The van der Waals surface area contributed by atoms with Gasteiger partial charge < -0.3 is 11.1 Å². The first-order valence-electron chi connectivity index (χ1n) is 5.02. The van der Waals surface area contributed by atoms with E-state index in [-0.39, 0.29) is 11.9 Å². The predicted molar refractivity (Wildman–Crippen MR) is 60.3 cm³/mol. The Bertz CT molecular complexity index is 412. The van der Waals surface area contributed by atoms with Crippen LogP contribution in [0.25, 0.3) is 0 Å². The number of aryl methyl sites for hydroxylation is 1. The summed E-state index contributed by atoms with van der Waals surface area (Å²) < 4.78 is 0. The van der Waals surface area contributed by atoms with Crippen molar-refractivity contribution < 1.29 is 4.79 Å². The van der Waals surface area contributed by atoms with E-state index in [0.29, 0.717) is 0 Å². The normalized spacial score (nSPS) is 18.3. The van der Waals surface area contributed by atoms with Crippen LogP contribution >= 0.6 is 0 Å². The summed E-state index contributed by atoms with van der Waals surface area (Å²) in [4.78, 5) is 11.2. The molecule has 0 aliphatic heterocycles. The van der Waals surface area contributed by atoms with Crippen LogP contribution in [0.5, 0.6) is 0 Å². The summed E-state index contributed by atoms with van der Waals surface area (Å²) in [6.45, 7) is 3.44. The minimum atomic E-state index is -0.121. The van der Waals surface area contributed by atoms with Gasteiger partial charge in [0.15, 0.2) is 0 Å². The molecule has 3 N–H and O–H groups in total. The maximum absolute atomic E-state index is 11.2. The molecule has 0 bridgehead atoms. The number of nitrogens with one attached hydrogen (secondary N) is 1. The maximum atomic E-state index is 11.2. The smallest absolute Gasteiger partial charge is 0.243 e. The number of nitrogens with two attached hydrogens (primary N) is 1. The van der Waals surface area contributed by atoms with E-state index in [1.807, 2.05) is 18.2 Å². The zero-order valence-corrected chi connectivity index (χ0v) is 8.49. The molecule has 0 heterocycles. The van der Waals surface area contributed by atoms with E-state index in [2.05, 4.69) is 11.9 Å². The Balaban J connectivity index is 2.21. The first kappa shape index (κ1) is 9.77. The molecular weight excluding hydrogens is 188 g/mol. The van der Waals surface area contributed by atoms with Gasteiger partial charge in [-0.25, -0.2) is 0 Å². The summed E-state index contributed by atoms with van der Waals surface area (Å²) in [6, 6.07) is 5.96. The topological polar surface area (TPSA) is 55.1 Å². The fourth-order valence-corrected chi connectivity index (χ4v) is 2.02. The molecule has 1 aromatic carbocycles. The van der Waals surface area contributed by atoms with E-state index in [0.717, 1.165) is 18.5 Å². The summed E-state index contributed by atoms with van der Waals surface area (Å²) in [6.07, 6.45) is 3.22. The zero-order chi connectivity index (χ0) is 10.8. The molecule has 3 heteroatoms. The number of benzene rings is 1.